The van der Waals surface area contributed by atoms with Crippen molar-refractivity contribution in [3.05, 3.63) is 0 Å². The Balaban J connectivity index is 2.82. The van der Waals surface area contributed by atoms with E-state index in [4.69, 9.17) is 15.2 Å². The molecular weight excluding hydrogens is 220 g/mol. The Morgan fingerprint density at radius 3 is 2.35 bits per heavy atom. The van der Waals surface area contributed by atoms with Crippen LogP contribution in [0.2, 0.25) is 0 Å². The van der Waals surface area contributed by atoms with E-state index in [0.717, 1.165) is 12.8 Å². The first-order chi connectivity index (χ1) is 7.96. The van der Waals surface area contributed by atoms with Crippen LogP contribution in [0.3, 0.4) is 0 Å². The first-order valence-electron chi connectivity index (χ1n) is 5.80. The zero-order chi connectivity index (χ0) is 12.9. The average molecular weight is 240 g/mol. The molecule has 1 aromatic rings. The van der Waals surface area contributed by atoms with Gasteiger partial charge in [-0.25, -0.2) is 0 Å². The maximum absolute atomic E-state index is 5.63. The molecule has 0 saturated carbocycles. The van der Waals surface area contributed by atoms with E-state index in [9.17, 15) is 0 Å². The Hall–Kier alpha value is -1.59. The molecule has 0 unspecified atom stereocenters. The van der Waals surface area contributed by atoms with Crippen LogP contribution in [0.4, 0.5) is 5.95 Å². The highest BCUT2D eigenvalue weighted by molar-refractivity contribution is 5.20. The molecule has 1 aromatic heterocycles. The minimum absolute atomic E-state index is 0.105. The molecule has 0 radical (unpaired) electrons. The van der Waals surface area contributed by atoms with E-state index >= 15 is 0 Å². The summed E-state index contributed by atoms with van der Waals surface area (Å²) in [6, 6.07) is 0.414. The molecule has 1 rings (SSSR count). The van der Waals surface area contributed by atoms with Crippen LogP contribution in [0.5, 0.6) is 12.0 Å². The number of aromatic nitrogens is 3. The Morgan fingerprint density at radius 1 is 1.12 bits per heavy atom. The first kappa shape index (κ1) is 13.5. The number of hydrogen-bond acceptors (Lipinski definition) is 6. The van der Waals surface area contributed by atoms with Crippen molar-refractivity contribution in [3.8, 4) is 12.0 Å². The molecule has 2 N–H and O–H groups in total. The van der Waals surface area contributed by atoms with Crippen molar-refractivity contribution in [3.63, 3.8) is 0 Å². The van der Waals surface area contributed by atoms with E-state index in [1.165, 1.54) is 0 Å². The Bertz CT molecular complexity index is 368. The lowest BCUT2D eigenvalue weighted by Crippen LogP contribution is -2.28. The monoisotopic (exact) mass is 240 g/mol. The van der Waals surface area contributed by atoms with Crippen LogP contribution in [0.25, 0.3) is 0 Å². The van der Waals surface area contributed by atoms with Crippen molar-refractivity contribution in [1.29, 1.82) is 0 Å². The summed E-state index contributed by atoms with van der Waals surface area (Å²) in [5.74, 6) is 0.105. The zero-order valence-electron chi connectivity index (χ0n) is 10.9. The summed E-state index contributed by atoms with van der Waals surface area (Å²) in [7, 11) is 0. The number of hydrogen-bond donors (Lipinski definition) is 1. The smallest absolute Gasteiger partial charge is 0.324 e. The fraction of sp³-hybridized carbons (Fsp3) is 0.727. The van der Waals surface area contributed by atoms with Crippen molar-refractivity contribution in [2.75, 3.05) is 12.3 Å². The van der Waals surface area contributed by atoms with Gasteiger partial charge in [0.05, 0.1) is 6.61 Å². The van der Waals surface area contributed by atoms with E-state index in [1.807, 2.05) is 27.7 Å². The Labute approximate surface area is 102 Å². The molecule has 96 valence electrons. The van der Waals surface area contributed by atoms with Crippen LogP contribution in [0.15, 0.2) is 0 Å². The van der Waals surface area contributed by atoms with Gasteiger partial charge in [0, 0.05) is 0 Å². The standard InChI is InChI=1S/C11H20N4O2/c1-5-7-16-9-13-8(12)14-10(15-9)17-11(3,4)6-2/h5-7H2,1-4H3,(H2,12,13,14,15). The first-order valence-corrected chi connectivity index (χ1v) is 5.80. The number of nitrogens with zero attached hydrogens (tertiary/aromatic N) is 3. The highest BCUT2D eigenvalue weighted by Gasteiger charge is 2.19. The lowest BCUT2D eigenvalue weighted by atomic mass is 10.1. The van der Waals surface area contributed by atoms with Gasteiger partial charge in [0.25, 0.3) is 0 Å². The van der Waals surface area contributed by atoms with Gasteiger partial charge in [-0.1, -0.05) is 13.8 Å². The van der Waals surface area contributed by atoms with Gasteiger partial charge in [-0.15, -0.1) is 4.98 Å². The highest BCUT2D eigenvalue weighted by atomic mass is 16.5. The van der Waals surface area contributed by atoms with Crippen molar-refractivity contribution in [2.45, 2.75) is 46.1 Å². The quantitative estimate of drug-likeness (QED) is 0.816. The second-order valence-corrected chi connectivity index (χ2v) is 4.32. The van der Waals surface area contributed by atoms with Crippen LogP contribution in [-0.2, 0) is 0 Å². The molecule has 6 heteroatoms. The summed E-state index contributed by atoms with van der Waals surface area (Å²) in [6.07, 6.45) is 1.71. The third-order valence-electron chi connectivity index (χ3n) is 2.27. The molecular formula is C11H20N4O2. The third kappa shape index (κ3) is 4.42. The molecule has 1 heterocycles. The Kier molecular flexibility index (Phi) is 4.48. The van der Waals surface area contributed by atoms with Gasteiger partial charge < -0.3 is 15.2 Å². The topological polar surface area (TPSA) is 83.2 Å². The zero-order valence-corrected chi connectivity index (χ0v) is 10.9. The number of nitrogen functional groups attached to an aromatic ring is 1. The van der Waals surface area contributed by atoms with Crippen LogP contribution in [0.1, 0.15) is 40.5 Å². The lowest BCUT2D eigenvalue weighted by molar-refractivity contribution is 0.0907. The van der Waals surface area contributed by atoms with Gasteiger partial charge in [0.2, 0.25) is 5.95 Å². The molecule has 0 bridgehead atoms. The summed E-state index contributed by atoms with van der Waals surface area (Å²) in [5.41, 5.74) is 5.23. The minimum atomic E-state index is -0.337. The van der Waals surface area contributed by atoms with Gasteiger partial charge in [-0.3, -0.25) is 0 Å². The summed E-state index contributed by atoms with van der Waals surface area (Å²) < 4.78 is 10.9. The predicted octanol–water partition coefficient (Wildman–Crippen LogP) is 1.81. The second-order valence-electron chi connectivity index (χ2n) is 4.32. The summed E-state index contributed by atoms with van der Waals surface area (Å²) in [5, 5.41) is 0. The molecule has 0 aliphatic carbocycles. The molecule has 0 aliphatic rings. The SMILES string of the molecule is CCCOc1nc(N)nc(OC(C)(C)CC)n1. The Morgan fingerprint density at radius 2 is 1.76 bits per heavy atom. The van der Waals surface area contributed by atoms with Crippen LogP contribution < -0.4 is 15.2 Å². The molecule has 0 saturated heterocycles. The predicted molar refractivity (Wildman–Crippen MR) is 65.0 cm³/mol. The third-order valence-corrected chi connectivity index (χ3v) is 2.27. The normalized spacial score (nSPS) is 11.3. The maximum atomic E-state index is 5.63. The van der Waals surface area contributed by atoms with E-state index < -0.39 is 0 Å². The van der Waals surface area contributed by atoms with Crippen molar-refractivity contribution < 1.29 is 9.47 Å². The second kappa shape index (κ2) is 5.65. The fourth-order valence-electron chi connectivity index (χ4n) is 0.976. The fourth-order valence-corrected chi connectivity index (χ4v) is 0.976. The van der Waals surface area contributed by atoms with E-state index in [2.05, 4.69) is 15.0 Å². The lowest BCUT2D eigenvalue weighted by Gasteiger charge is -2.23. The molecule has 0 spiro atoms. The highest BCUT2D eigenvalue weighted by Crippen LogP contribution is 2.19. The van der Waals surface area contributed by atoms with Gasteiger partial charge >= 0.3 is 12.0 Å². The molecule has 0 atom stereocenters. The van der Waals surface area contributed by atoms with E-state index in [-0.39, 0.29) is 23.6 Å². The number of nitrogens with two attached hydrogens (primary N) is 1. The largest absolute Gasteiger partial charge is 0.463 e. The summed E-state index contributed by atoms with van der Waals surface area (Å²) in [4.78, 5) is 11.9. The van der Waals surface area contributed by atoms with Crippen LogP contribution in [-0.4, -0.2) is 27.2 Å². The van der Waals surface area contributed by atoms with Crippen molar-refractivity contribution in [1.82, 2.24) is 15.0 Å². The molecule has 17 heavy (non-hydrogen) atoms. The van der Waals surface area contributed by atoms with E-state index in [1.54, 1.807) is 0 Å². The van der Waals surface area contributed by atoms with E-state index in [0.29, 0.717) is 6.61 Å². The number of rotatable bonds is 6. The van der Waals surface area contributed by atoms with Crippen LogP contribution in [0, 0.1) is 0 Å². The van der Waals surface area contributed by atoms with Crippen molar-refractivity contribution >= 4 is 5.95 Å². The van der Waals surface area contributed by atoms with Crippen molar-refractivity contribution in [2.24, 2.45) is 0 Å². The molecule has 0 amide bonds. The molecule has 0 fully saturated rings. The molecule has 0 aromatic carbocycles. The maximum Gasteiger partial charge on any atom is 0.324 e. The average Bonchev–Trinajstić information content (AvgIpc) is 2.25. The molecule has 0 aliphatic heterocycles. The summed E-state index contributed by atoms with van der Waals surface area (Å²) in [6.45, 7) is 8.49. The minimum Gasteiger partial charge on any atom is -0.463 e. The van der Waals surface area contributed by atoms with Gasteiger partial charge in [-0.05, 0) is 26.7 Å². The molecule has 6 nitrogen and oxygen atoms in total. The van der Waals surface area contributed by atoms with Gasteiger partial charge in [0.1, 0.15) is 5.60 Å². The number of anilines is 1. The summed E-state index contributed by atoms with van der Waals surface area (Å²) >= 11 is 0. The van der Waals surface area contributed by atoms with Gasteiger partial charge in [0.15, 0.2) is 0 Å². The van der Waals surface area contributed by atoms with Gasteiger partial charge in [-0.2, -0.15) is 9.97 Å². The van der Waals surface area contributed by atoms with Crippen LogP contribution >= 0.6 is 0 Å². The number of ether oxygens (including phenoxy) is 2.